The monoisotopic (exact) mass is 227 g/mol. The van der Waals surface area contributed by atoms with Crippen molar-refractivity contribution in [2.45, 2.75) is 18.9 Å². The van der Waals surface area contributed by atoms with Crippen molar-refractivity contribution in [2.75, 3.05) is 0 Å². The summed E-state index contributed by atoms with van der Waals surface area (Å²) in [7, 11) is 0. The van der Waals surface area contributed by atoms with E-state index >= 15 is 0 Å². The van der Waals surface area contributed by atoms with Gasteiger partial charge in [0.25, 0.3) is 0 Å². The molecule has 1 unspecified atom stereocenters. The van der Waals surface area contributed by atoms with Crippen LogP contribution in [0.1, 0.15) is 12.5 Å². The fraction of sp³-hybridized carbons (Fsp3) is 0.300. The zero-order valence-corrected chi connectivity index (χ0v) is 8.90. The summed E-state index contributed by atoms with van der Waals surface area (Å²) in [4.78, 5) is 11.0. The third-order valence-electron chi connectivity index (χ3n) is 2.46. The first-order valence-corrected chi connectivity index (χ1v) is 4.67. The summed E-state index contributed by atoms with van der Waals surface area (Å²) in [6.45, 7) is 1.49. The van der Waals surface area contributed by atoms with Gasteiger partial charge in [-0.15, -0.1) is 0 Å². The second kappa shape index (κ2) is 4.38. The molecule has 0 bridgehead atoms. The first-order chi connectivity index (χ1) is 7.39. The number of phenols is 2. The maximum atomic E-state index is 11.0. The van der Waals surface area contributed by atoms with Crippen molar-refractivity contribution in [1.82, 2.24) is 5.43 Å². The Morgan fingerprint density at radius 1 is 1.44 bits per heavy atom. The second-order valence-corrected chi connectivity index (χ2v) is 3.81. The average Bonchev–Trinajstić information content (AvgIpc) is 2.23. The van der Waals surface area contributed by atoms with Crippen LogP contribution in [-0.4, -0.2) is 26.8 Å². The van der Waals surface area contributed by atoms with Crippen LogP contribution in [-0.2, 0) is 11.2 Å². The average molecular weight is 227 g/mol. The number of carbonyl (C=O) groups is 1. The summed E-state index contributed by atoms with van der Waals surface area (Å²) in [5.41, 5.74) is 1.86. The van der Waals surface area contributed by atoms with Crippen molar-refractivity contribution >= 4 is 5.97 Å². The van der Waals surface area contributed by atoms with Crippen LogP contribution in [0.4, 0.5) is 0 Å². The number of aliphatic carboxylic acids is 1. The third kappa shape index (κ3) is 2.41. The van der Waals surface area contributed by atoms with E-state index in [1.807, 2.05) is 0 Å². The third-order valence-corrected chi connectivity index (χ3v) is 2.46. The van der Waals surface area contributed by atoms with Crippen LogP contribution in [0.15, 0.2) is 18.2 Å². The molecule has 0 radical (unpaired) electrons. The molecule has 0 aliphatic heterocycles. The summed E-state index contributed by atoms with van der Waals surface area (Å²) in [5, 5.41) is 27.4. The van der Waals surface area contributed by atoms with Crippen molar-refractivity contribution in [2.24, 2.45) is 0 Å². The number of carboxylic acids is 1. The molecule has 0 amide bonds. The Hall–Kier alpha value is -1.79. The van der Waals surface area contributed by atoms with Gasteiger partial charge in [-0.25, -0.2) is 4.79 Å². The van der Waals surface area contributed by atoms with Crippen LogP contribution in [0.3, 0.4) is 0 Å². The standard InChI is InChI=1S/C10H14N2O4/c1-10(12-11,9(15)16)5-6-2-3-7(13)8(14)4-6/h2-4,12-14H,5,11H2,1H3,(H,15,16)/p+1. The van der Waals surface area contributed by atoms with Crippen LogP contribution in [0.2, 0.25) is 0 Å². The van der Waals surface area contributed by atoms with Crippen molar-refractivity contribution in [3.8, 4) is 11.5 Å². The van der Waals surface area contributed by atoms with Crippen molar-refractivity contribution < 1.29 is 26.0 Å². The molecule has 0 aliphatic carbocycles. The zero-order valence-electron chi connectivity index (χ0n) is 8.90. The molecule has 0 aliphatic rings. The number of hydrogen-bond acceptors (Lipinski definition) is 4. The number of benzene rings is 1. The normalized spacial score (nSPS) is 14.4. The second-order valence-electron chi connectivity index (χ2n) is 3.81. The lowest BCUT2D eigenvalue weighted by Crippen LogP contribution is -2.76. The van der Waals surface area contributed by atoms with Gasteiger partial charge in [-0.2, -0.15) is 5.43 Å². The van der Waals surface area contributed by atoms with E-state index in [1.54, 1.807) is 6.07 Å². The van der Waals surface area contributed by atoms with Gasteiger partial charge in [0.1, 0.15) is 0 Å². The van der Waals surface area contributed by atoms with E-state index in [-0.39, 0.29) is 17.9 Å². The maximum Gasteiger partial charge on any atom is 0.329 e. The summed E-state index contributed by atoms with van der Waals surface area (Å²) in [6, 6.07) is 4.19. The fourth-order valence-corrected chi connectivity index (χ4v) is 1.30. The summed E-state index contributed by atoms with van der Waals surface area (Å²) in [5.74, 6) is 1.84. The molecule has 0 spiro atoms. The highest BCUT2D eigenvalue weighted by Crippen LogP contribution is 2.26. The molecule has 16 heavy (non-hydrogen) atoms. The molecule has 0 saturated heterocycles. The van der Waals surface area contributed by atoms with Gasteiger partial charge in [-0.05, 0) is 24.6 Å². The first-order valence-electron chi connectivity index (χ1n) is 4.67. The van der Waals surface area contributed by atoms with Gasteiger partial charge in [0, 0.05) is 6.42 Å². The van der Waals surface area contributed by atoms with E-state index < -0.39 is 11.5 Å². The van der Waals surface area contributed by atoms with Crippen LogP contribution < -0.4 is 11.3 Å². The van der Waals surface area contributed by atoms with Crippen LogP contribution >= 0.6 is 0 Å². The molecule has 0 fully saturated rings. The molecule has 1 rings (SSSR count). The van der Waals surface area contributed by atoms with Gasteiger partial charge in [0.2, 0.25) is 0 Å². The molecule has 6 nitrogen and oxygen atoms in total. The highest BCUT2D eigenvalue weighted by molar-refractivity contribution is 5.78. The largest absolute Gasteiger partial charge is 0.504 e. The first kappa shape index (κ1) is 12.3. The molecule has 0 heterocycles. The van der Waals surface area contributed by atoms with E-state index in [2.05, 4.69) is 11.3 Å². The molecular formula is C10H15N2O4+. The minimum atomic E-state index is -1.20. The van der Waals surface area contributed by atoms with E-state index in [0.717, 1.165) is 0 Å². The Labute approximate surface area is 92.3 Å². The quantitative estimate of drug-likeness (QED) is 0.342. The lowest BCUT2D eigenvalue weighted by Gasteiger charge is -2.21. The zero-order chi connectivity index (χ0) is 12.3. The van der Waals surface area contributed by atoms with E-state index in [1.165, 1.54) is 19.1 Å². The number of quaternary nitrogens is 1. The number of phenolic OH excluding ortho intramolecular Hbond substituents is 2. The molecule has 1 atom stereocenters. The number of nitrogens with one attached hydrogen (secondary N) is 1. The Balaban J connectivity index is 2.95. The smallest absolute Gasteiger partial charge is 0.329 e. The van der Waals surface area contributed by atoms with Gasteiger partial charge in [0.15, 0.2) is 17.0 Å². The van der Waals surface area contributed by atoms with Crippen molar-refractivity contribution in [3.63, 3.8) is 0 Å². The Morgan fingerprint density at radius 3 is 2.50 bits per heavy atom. The molecule has 0 aromatic heterocycles. The molecule has 0 saturated carbocycles. The van der Waals surface area contributed by atoms with Crippen molar-refractivity contribution in [3.05, 3.63) is 23.8 Å². The summed E-state index contributed by atoms with van der Waals surface area (Å²) < 4.78 is 0. The number of hydrogen-bond donors (Lipinski definition) is 5. The highest BCUT2D eigenvalue weighted by Gasteiger charge is 2.34. The van der Waals surface area contributed by atoms with Gasteiger partial charge in [-0.3, -0.25) is 5.84 Å². The van der Waals surface area contributed by atoms with Crippen LogP contribution in [0.5, 0.6) is 11.5 Å². The number of carboxylic acid groups (broad SMARTS) is 1. The Bertz CT molecular complexity index is 408. The SMILES string of the molecule is CC(Cc1ccc(O)c(O)c1)(N[NH3+])C(=O)O. The Morgan fingerprint density at radius 2 is 2.06 bits per heavy atom. The van der Waals surface area contributed by atoms with Crippen LogP contribution in [0, 0.1) is 0 Å². The molecular weight excluding hydrogens is 212 g/mol. The minimum Gasteiger partial charge on any atom is -0.504 e. The predicted molar refractivity (Wildman–Crippen MR) is 55.5 cm³/mol. The number of rotatable bonds is 4. The minimum absolute atomic E-state index is 0.152. The van der Waals surface area contributed by atoms with Gasteiger partial charge < -0.3 is 15.3 Å². The lowest BCUT2D eigenvalue weighted by molar-refractivity contribution is -0.459. The van der Waals surface area contributed by atoms with E-state index in [4.69, 9.17) is 10.2 Å². The molecule has 7 N–H and O–H groups in total. The predicted octanol–water partition coefficient (Wildman–Crippen LogP) is -0.770. The molecule has 88 valence electrons. The molecule has 1 aromatic rings. The lowest BCUT2D eigenvalue weighted by atomic mass is 9.93. The van der Waals surface area contributed by atoms with Crippen molar-refractivity contribution in [1.29, 1.82) is 0 Å². The van der Waals surface area contributed by atoms with Gasteiger partial charge >= 0.3 is 5.97 Å². The van der Waals surface area contributed by atoms with Crippen LogP contribution in [0.25, 0.3) is 0 Å². The fourth-order valence-electron chi connectivity index (χ4n) is 1.30. The van der Waals surface area contributed by atoms with E-state index in [0.29, 0.717) is 5.56 Å². The van der Waals surface area contributed by atoms with Gasteiger partial charge in [0.05, 0.1) is 0 Å². The highest BCUT2D eigenvalue weighted by atomic mass is 16.4. The van der Waals surface area contributed by atoms with Gasteiger partial charge in [-0.1, -0.05) is 6.07 Å². The Kier molecular flexibility index (Phi) is 3.36. The van der Waals surface area contributed by atoms with E-state index in [9.17, 15) is 9.90 Å². The summed E-state index contributed by atoms with van der Waals surface area (Å²) in [6.07, 6.45) is 0.152. The summed E-state index contributed by atoms with van der Waals surface area (Å²) >= 11 is 0. The maximum absolute atomic E-state index is 11.0. The topological polar surface area (TPSA) is 117 Å². The molecule has 6 heteroatoms. The number of aromatic hydroxyl groups is 2. The molecule has 1 aromatic carbocycles.